The molecule has 0 aliphatic carbocycles. The zero-order valence-electron chi connectivity index (χ0n) is 16.8. The van der Waals surface area contributed by atoms with Crippen LogP contribution in [0.3, 0.4) is 0 Å². The number of piperazine rings is 1. The van der Waals surface area contributed by atoms with Crippen LogP contribution in [-0.4, -0.2) is 65.1 Å². The quantitative estimate of drug-likeness (QED) is 0.651. The lowest BCUT2D eigenvalue weighted by molar-refractivity contribution is -0.134. The fraction of sp³-hybridized carbons (Fsp3) is 0.300. The summed E-state index contributed by atoms with van der Waals surface area (Å²) in [6.07, 6.45) is 0. The predicted octanol–water partition coefficient (Wildman–Crippen LogP) is 0.987. The summed E-state index contributed by atoms with van der Waals surface area (Å²) >= 11 is 0. The standard InChI is InChI=1S/C20H22FN3O6S/c1-29-18-7-6-16(31(22,27)28)12-17(18)20(26)30-13-19(25)24-10-8-23(9-11-24)15-4-2-14(21)3-5-15/h2-7,12H,8-11,13H2,1H3,(H2,22,27,28). The van der Waals surface area contributed by atoms with Crippen molar-refractivity contribution in [1.82, 2.24) is 4.90 Å². The number of hydrogen-bond acceptors (Lipinski definition) is 7. The van der Waals surface area contributed by atoms with Gasteiger partial charge in [-0.15, -0.1) is 0 Å². The van der Waals surface area contributed by atoms with Crippen molar-refractivity contribution < 1.29 is 31.9 Å². The molecule has 11 heteroatoms. The monoisotopic (exact) mass is 451 g/mol. The molecule has 9 nitrogen and oxygen atoms in total. The number of carbonyl (C=O) groups is 2. The molecule has 0 atom stereocenters. The van der Waals surface area contributed by atoms with Gasteiger partial charge in [-0.05, 0) is 42.5 Å². The van der Waals surface area contributed by atoms with Crippen LogP contribution in [0.15, 0.2) is 47.4 Å². The lowest BCUT2D eigenvalue weighted by Crippen LogP contribution is -2.49. The van der Waals surface area contributed by atoms with Crippen LogP contribution >= 0.6 is 0 Å². The number of esters is 1. The van der Waals surface area contributed by atoms with E-state index < -0.39 is 22.6 Å². The zero-order valence-corrected chi connectivity index (χ0v) is 17.6. The van der Waals surface area contributed by atoms with Gasteiger partial charge in [0.1, 0.15) is 17.1 Å². The number of halogens is 1. The molecule has 1 aliphatic rings. The van der Waals surface area contributed by atoms with E-state index in [1.165, 1.54) is 31.4 Å². The summed E-state index contributed by atoms with van der Waals surface area (Å²) in [4.78, 5) is 28.2. The first-order chi connectivity index (χ1) is 14.7. The molecule has 0 aromatic heterocycles. The second-order valence-corrected chi connectivity index (χ2v) is 8.39. The van der Waals surface area contributed by atoms with E-state index in [0.29, 0.717) is 26.2 Å². The average molecular weight is 451 g/mol. The molecule has 3 rings (SSSR count). The minimum Gasteiger partial charge on any atom is -0.496 e. The SMILES string of the molecule is COc1ccc(S(N)(=O)=O)cc1C(=O)OCC(=O)N1CCN(c2ccc(F)cc2)CC1. The van der Waals surface area contributed by atoms with Gasteiger partial charge in [-0.3, -0.25) is 4.79 Å². The maximum Gasteiger partial charge on any atom is 0.342 e. The number of hydrogen-bond donors (Lipinski definition) is 1. The lowest BCUT2D eigenvalue weighted by atomic mass is 10.2. The van der Waals surface area contributed by atoms with E-state index >= 15 is 0 Å². The van der Waals surface area contributed by atoms with Crippen LogP contribution in [0, 0.1) is 5.82 Å². The molecule has 0 unspecified atom stereocenters. The molecule has 1 fully saturated rings. The summed E-state index contributed by atoms with van der Waals surface area (Å²) < 4.78 is 46.3. The smallest absolute Gasteiger partial charge is 0.342 e. The predicted molar refractivity (Wildman–Crippen MR) is 110 cm³/mol. The lowest BCUT2D eigenvalue weighted by Gasteiger charge is -2.36. The van der Waals surface area contributed by atoms with Crippen molar-refractivity contribution in [3.63, 3.8) is 0 Å². The Morgan fingerprint density at radius 2 is 1.71 bits per heavy atom. The zero-order chi connectivity index (χ0) is 22.6. The highest BCUT2D eigenvalue weighted by Gasteiger charge is 2.24. The fourth-order valence-corrected chi connectivity index (χ4v) is 3.73. The van der Waals surface area contributed by atoms with Crippen molar-refractivity contribution >= 4 is 27.6 Å². The van der Waals surface area contributed by atoms with E-state index in [4.69, 9.17) is 14.6 Å². The first kappa shape index (κ1) is 22.5. The van der Waals surface area contributed by atoms with Crippen LogP contribution in [0.2, 0.25) is 0 Å². The Bertz CT molecular complexity index is 1070. The molecular weight excluding hydrogens is 429 g/mol. The van der Waals surface area contributed by atoms with Crippen LogP contribution < -0.4 is 14.8 Å². The highest BCUT2D eigenvalue weighted by Crippen LogP contribution is 2.23. The Morgan fingerprint density at radius 1 is 1.06 bits per heavy atom. The van der Waals surface area contributed by atoms with Gasteiger partial charge in [-0.1, -0.05) is 0 Å². The molecule has 1 amide bonds. The third-order valence-corrected chi connectivity index (χ3v) is 5.78. The Balaban J connectivity index is 1.57. The summed E-state index contributed by atoms with van der Waals surface area (Å²) in [5, 5.41) is 5.09. The summed E-state index contributed by atoms with van der Waals surface area (Å²) in [6, 6.07) is 9.65. The molecule has 0 bridgehead atoms. The third kappa shape index (κ3) is 5.50. The summed E-state index contributed by atoms with van der Waals surface area (Å²) in [5.74, 6) is -1.50. The van der Waals surface area contributed by atoms with Crippen molar-refractivity contribution in [2.45, 2.75) is 4.90 Å². The number of ether oxygens (including phenoxy) is 2. The van der Waals surface area contributed by atoms with Gasteiger partial charge in [-0.2, -0.15) is 0 Å². The molecule has 0 saturated carbocycles. The topological polar surface area (TPSA) is 119 Å². The number of benzene rings is 2. The number of nitrogens with zero attached hydrogens (tertiary/aromatic N) is 2. The maximum atomic E-state index is 13.1. The van der Waals surface area contributed by atoms with E-state index in [2.05, 4.69) is 0 Å². The van der Waals surface area contributed by atoms with E-state index in [0.717, 1.165) is 11.8 Å². The van der Waals surface area contributed by atoms with Crippen LogP contribution in [0.5, 0.6) is 5.75 Å². The molecular formula is C20H22FN3O6S. The van der Waals surface area contributed by atoms with E-state index in [-0.39, 0.29) is 27.9 Å². The summed E-state index contributed by atoms with van der Waals surface area (Å²) in [7, 11) is -2.71. The largest absolute Gasteiger partial charge is 0.496 e. The van der Waals surface area contributed by atoms with Gasteiger partial charge < -0.3 is 19.3 Å². The van der Waals surface area contributed by atoms with Crippen LogP contribution in [-0.2, 0) is 19.6 Å². The van der Waals surface area contributed by atoms with Crippen LogP contribution in [0.1, 0.15) is 10.4 Å². The Morgan fingerprint density at radius 3 is 2.29 bits per heavy atom. The van der Waals surface area contributed by atoms with Crippen molar-refractivity contribution in [3.05, 3.63) is 53.8 Å². The van der Waals surface area contributed by atoms with Gasteiger partial charge >= 0.3 is 5.97 Å². The minimum atomic E-state index is -4.03. The number of nitrogens with two attached hydrogens (primary N) is 1. The molecule has 0 spiro atoms. The van der Waals surface area contributed by atoms with Gasteiger partial charge in [0.2, 0.25) is 10.0 Å². The molecule has 1 saturated heterocycles. The number of carbonyl (C=O) groups excluding carboxylic acids is 2. The van der Waals surface area contributed by atoms with Crippen molar-refractivity contribution in [3.8, 4) is 5.75 Å². The Hall–Kier alpha value is -3.18. The normalized spacial score (nSPS) is 14.3. The Labute approximate surface area is 179 Å². The summed E-state index contributed by atoms with van der Waals surface area (Å²) in [6.45, 7) is 1.43. The summed E-state index contributed by atoms with van der Waals surface area (Å²) in [5.41, 5.74) is 0.713. The first-order valence-corrected chi connectivity index (χ1v) is 10.9. The van der Waals surface area contributed by atoms with Crippen LogP contribution in [0.25, 0.3) is 0 Å². The highest BCUT2D eigenvalue weighted by atomic mass is 32.2. The van der Waals surface area contributed by atoms with Gasteiger partial charge in [-0.25, -0.2) is 22.7 Å². The number of primary sulfonamides is 1. The highest BCUT2D eigenvalue weighted by molar-refractivity contribution is 7.89. The molecule has 2 aromatic carbocycles. The van der Waals surface area contributed by atoms with E-state index in [1.54, 1.807) is 17.0 Å². The first-order valence-electron chi connectivity index (χ1n) is 9.35. The molecule has 31 heavy (non-hydrogen) atoms. The Kier molecular flexibility index (Phi) is 6.76. The second-order valence-electron chi connectivity index (χ2n) is 6.83. The second kappa shape index (κ2) is 9.31. The minimum absolute atomic E-state index is 0.0951. The van der Waals surface area contributed by atoms with Gasteiger partial charge in [0.25, 0.3) is 5.91 Å². The van der Waals surface area contributed by atoms with Gasteiger partial charge in [0, 0.05) is 31.9 Å². The van der Waals surface area contributed by atoms with E-state index in [9.17, 15) is 22.4 Å². The average Bonchev–Trinajstić information content (AvgIpc) is 2.76. The van der Waals surface area contributed by atoms with Gasteiger partial charge in [0.15, 0.2) is 6.61 Å². The van der Waals surface area contributed by atoms with Gasteiger partial charge in [0.05, 0.1) is 12.0 Å². The molecule has 1 heterocycles. The number of rotatable bonds is 6. The molecule has 166 valence electrons. The third-order valence-electron chi connectivity index (χ3n) is 4.87. The number of sulfonamides is 1. The maximum absolute atomic E-state index is 13.1. The van der Waals surface area contributed by atoms with E-state index in [1.807, 2.05) is 4.90 Å². The number of methoxy groups -OCH3 is 1. The number of amides is 1. The van der Waals surface area contributed by atoms with Crippen molar-refractivity contribution in [2.75, 3.05) is 44.8 Å². The van der Waals surface area contributed by atoms with Crippen molar-refractivity contribution in [1.29, 1.82) is 0 Å². The number of anilines is 1. The molecule has 1 aliphatic heterocycles. The van der Waals surface area contributed by atoms with Crippen molar-refractivity contribution in [2.24, 2.45) is 5.14 Å². The van der Waals surface area contributed by atoms with Crippen LogP contribution in [0.4, 0.5) is 10.1 Å². The molecule has 0 radical (unpaired) electrons. The fourth-order valence-electron chi connectivity index (χ4n) is 3.19. The molecule has 2 aromatic rings. The molecule has 2 N–H and O–H groups in total.